The molecule has 0 aliphatic carbocycles. The standard InChI is InChI=1S/C9H15N5/c1-9(11)3-4-14-6(5-9)7(10)8(12-2)13-14/h3-5,12-13H,10-11H2,1-2H3. The Morgan fingerprint density at radius 3 is 2.93 bits per heavy atom. The van der Waals surface area contributed by atoms with Gasteiger partial charge in [0.1, 0.15) is 5.82 Å². The first-order chi connectivity index (χ1) is 6.53. The molecule has 2 rings (SSSR count). The molecule has 0 fully saturated rings. The Morgan fingerprint density at radius 2 is 2.29 bits per heavy atom. The van der Waals surface area contributed by atoms with E-state index in [1.807, 2.05) is 37.3 Å². The summed E-state index contributed by atoms with van der Waals surface area (Å²) in [6.07, 6.45) is 5.72. The average Bonchev–Trinajstić information content (AvgIpc) is 2.42. The van der Waals surface area contributed by atoms with Crippen molar-refractivity contribution in [3.05, 3.63) is 35.6 Å². The normalized spacial score (nSPS) is 29.9. The fourth-order valence-electron chi connectivity index (χ4n) is 1.53. The molecule has 0 bridgehead atoms. The molecule has 76 valence electrons. The van der Waals surface area contributed by atoms with Crippen molar-refractivity contribution in [3.63, 3.8) is 0 Å². The molecule has 2 heterocycles. The Labute approximate surface area is 83.1 Å². The molecule has 1 atom stereocenters. The fourth-order valence-corrected chi connectivity index (χ4v) is 1.53. The topological polar surface area (TPSA) is 79.3 Å². The zero-order valence-corrected chi connectivity index (χ0v) is 8.33. The Balaban J connectivity index is 2.38. The van der Waals surface area contributed by atoms with Crippen molar-refractivity contribution in [1.82, 2.24) is 15.8 Å². The maximum atomic E-state index is 5.97. The molecule has 14 heavy (non-hydrogen) atoms. The van der Waals surface area contributed by atoms with Gasteiger partial charge in [-0.05, 0) is 19.1 Å². The fraction of sp³-hybridized carbons (Fsp3) is 0.333. The van der Waals surface area contributed by atoms with E-state index in [1.54, 1.807) is 0 Å². The SMILES string of the molecule is CNC1=C(N)C2=CC(C)(N)C=CN2N1. The van der Waals surface area contributed by atoms with Crippen molar-refractivity contribution in [2.75, 3.05) is 7.05 Å². The van der Waals surface area contributed by atoms with Crippen LogP contribution in [0, 0.1) is 0 Å². The van der Waals surface area contributed by atoms with E-state index in [1.165, 1.54) is 0 Å². The van der Waals surface area contributed by atoms with Crippen LogP contribution in [-0.4, -0.2) is 17.6 Å². The summed E-state index contributed by atoms with van der Waals surface area (Å²) in [6, 6.07) is 0. The van der Waals surface area contributed by atoms with E-state index in [4.69, 9.17) is 11.5 Å². The minimum absolute atomic E-state index is 0.429. The van der Waals surface area contributed by atoms with Crippen LogP contribution in [0.3, 0.4) is 0 Å². The van der Waals surface area contributed by atoms with Crippen LogP contribution < -0.4 is 22.2 Å². The lowest BCUT2D eigenvalue weighted by Crippen LogP contribution is -2.39. The third-order valence-corrected chi connectivity index (χ3v) is 2.32. The van der Waals surface area contributed by atoms with Crippen LogP contribution in [0.5, 0.6) is 0 Å². The highest BCUT2D eigenvalue weighted by atomic mass is 15.6. The summed E-state index contributed by atoms with van der Waals surface area (Å²) in [5.41, 5.74) is 16.1. The van der Waals surface area contributed by atoms with E-state index >= 15 is 0 Å². The van der Waals surface area contributed by atoms with Gasteiger partial charge in [0.2, 0.25) is 0 Å². The smallest absolute Gasteiger partial charge is 0.144 e. The molecule has 5 heteroatoms. The Bertz CT molecular complexity index is 350. The largest absolute Gasteiger partial charge is 0.394 e. The van der Waals surface area contributed by atoms with Gasteiger partial charge >= 0.3 is 0 Å². The molecule has 0 saturated carbocycles. The maximum Gasteiger partial charge on any atom is 0.144 e. The molecular weight excluding hydrogens is 178 g/mol. The second kappa shape index (κ2) is 2.68. The van der Waals surface area contributed by atoms with Gasteiger partial charge < -0.3 is 16.8 Å². The highest BCUT2D eigenvalue weighted by molar-refractivity contribution is 5.42. The molecule has 0 amide bonds. The van der Waals surface area contributed by atoms with Crippen molar-refractivity contribution in [1.29, 1.82) is 0 Å². The number of hydrogen-bond donors (Lipinski definition) is 4. The number of nitrogens with two attached hydrogens (primary N) is 2. The van der Waals surface area contributed by atoms with Crippen LogP contribution in [-0.2, 0) is 0 Å². The van der Waals surface area contributed by atoms with Gasteiger partial charge in [-0.15, -0.1) is 0 Å². The predicted octanol–water partition coefficient (Wildman–Crippen LogP) is -0.718. The van der Waals surface area contributed by atoms with E-state index in [0.717, 1.165) is 11.5 Å². The van der Waals surface area contributed by atoms with E-state index < -0.39 is 5.54 Å². The molecule has 0 aromatic heterocycles. The highest BCUT2D eigenvalue weighted by Gasteiger charge is 2.28. The molecule has 0 spiro atoms. The van der Waals surface area contributed by atoms with Crippen LogP contribution in [0.15, 0.2) is 35.6 Å². The molecule has 2 aliphatic heterocycles. The zero-order chi connectivity index (χ0) is 10.3. The van der Waals surface area contributed by atoms with Gasteiger partial charge in [-0.25, -0.2) is 0 Å². The maximum absolute atomic E-state index is 5.97. The van der Waals surface area contributed by atoms with Gasteiger partial charge in [-0.2, -0.15) is 0 Å². The Kier molecular flexibility index (Phi) is 1.72. The van der Waals surface area contributed by atoms with Gasteiger partial charge in [0, 0.05) is 13.2 Å². The van der Waals surface area contributed by atoms with Crippen LogP contribution in [0.25, 0.3) is 0 Å². The van der Waals surface area contributed by atoms with Crippen molar-refractivity contribution in [2.45, 2.75) is 12.5 Å². The molecule has 6 N–H and O–H groups in total. The third-order valence-electron chi connectivity index (χ3n) is 2.32. The van der Waals surface area contributed by atoms with Gasteiger partial charge in [0.15, 0.2) is 0 Å². The first-order valence-corrected chi connectivity index (χ1v) is 4.48. The van der Waals surface area contributed by atoms with Crippen molar-refractivity contribution in [2.24, 2.45) is 11.5 Å². The number of nitrogens with one attached hydrogen (secondary N) is 2. The lowest BCUT2D eigenvalue weighted by molar-refractivity contribution is 0.389. The molecule has 1 unspecified atom stereocenters. The van der Waals surface area contributed by atoms with Crippen LogP contribution in [0.2, 0.25) is 0 Å². The van der Waals surface area contributed by atoms with Crippen molar-refractivity contribution < 1.29 is 0 Å². The van der Waals surface area contributed by atoms with Crippen LogP contribution in [0.1, 0.15) is 6.92 Å². The van der Waals surface area contributed by atoms with Gasteiger partial charge in [0.25, 0.3) is 0 Å². The highest BCUT2D eigenvalue weighted by Crippen LogP contribution is 2.25. The number of nitrogens with zero attached hydrogens (tertiary/aromatic N) is 1. The molecular formula is C9H15N5. The molecule has 2 aliphatic rings. The molecule has 0 aromatic carbocycles. The molecule has 0 aromatic rings. The lowest BCUT2D eigenvalue weighted by atomic mass is 9.99. The van der Waals surface area contributed by atoms with E-state index in [0.29, 0.717) is 5.70 Å². The summed E-state index contributed by atoms with van der Waals surface area (Å²) in [6.45, 7) is 1.93. The number of hydrazine groups is 1. The molecule has 0 saturated heterocycles. The van der Waals surface area contributed by atoms with E-state index in [9.17, 15) is 0 Å². The number of hydrogen-bond acceptors (Lipinski definition) is 5. The Hall–Kier alpha value is -1.62. The van der Waals surface area contributed by atoms with Gasteiger partial charge in [-0.1, -0.05) is 0 Å². The number of fused-ring (bicyclic) bond motifs is 1. The first kappa shape index (κ1) is 8.96. The minimum Gasteiger partial charge on any atom is -0.394 e. The van der Waals surface area contributed by atoms with E-state index in [-0.39, 0.29) is 0 Å². The summed E-state index contributed by atoms with van der Waals surface area (Å²) >= 11 is 0. The van der Waals surface area contributed by atoms with Crippen LogP contribution >= 0.6 is 0 Å². The summed E-state index contributed by atoms with van der Waals surface area (Å²) in [5, 5.41) is 4.83. The predicted molar refractivity (Wildman–Crippen MR) is 55.1 cm³/mol. The van der Waals surface area contributed by atoms with Crippen LogP contribution in [0.4, 0.5) is 0 Å². The Morgan fingerprint density at radius 1 is 1.57 bits per heavy atom. The summed E-state index contributed by atoms with van der Waals surface area (Å²) in [4.78, 5) is 0. The second-order valence-corrected chi connectivity index (χ2v) is 3.73. The summed E-state index contributed by atoms with van der Waals surface area (Å²) in [5.74, 6) is 0.804. The second-order valence-electron chi connectivity index (χ2n) is 3.73. The summed E-state index contributed by atoms with van der Waals surface area (Å²) in [7, 11) is 1.82. The first-order valence-electron chi connectivity index (χ1n) is 4.48. The lowest BCUT2D eigenvalue weighted by Gasteiger charge is -2.27. The minimum atomic E-state index is -0.429. The quantitative estimate of drug-likeness (QED) is 0.442. The third kappa shape index (κ3) is 1.22. The van der Waals surface area contributed by atoms with Gasteiger partial charge in [0.05, 0.1) is 16.9 Å². The monoisotopic (exact) mass is 193 g/mol. The molecule has 0 radical (unpaired) electrons. The zero-order valence-electron chi connectivity index (χ0n) is 8.33. The van der Waals surface area contributed by atoms with Crippen molar-refractivity contribution >= 4 is 0 Å². The van der Waals surface area contributed by atoms with E-state index in [2.05, 4.69) is 10.7 Å². The molecule has 5 nitrogen and oxygen atoms in total. The van der Waals surface area contributed by atoms with Gasteiger partial charge in [-0.3, -0.25) is 10.4 Å². The van der Waals surface area contributed by atoms with Crippen molar-refractivity contribution in [3.8, 4) is 0 Å². The number of rotatable bonds is 1. The summed E-state index contributed by atoms with van der Waals surface area (Å²) < 4.78 is 0. The average molecular weight is 193 g/mol.